The molecule has 0 radical (unpaired) electrons. The minimum Gasteiger partial charge on any atom is -0.396 e. The first kappa shape index (κ1) is 8.62. The van der Waals surface area contributed by atoms with Crippen LogP contribution in [0.4, 0.5) is 0 Å². The van der Waals surface area contributed by atoms with Crippen molar-refractivity contribution in [3.05, 3.63) is 12.7 Å². The summed E-state index contributed by atoms with van der Waals surface area (Å²) in [6.45, 7) is 2.86. The molecule has 0 aliphatic rings. The summed E-state index contributed by atoms with van der Waals surface area (Å²) in [5.41, 5.74) is 0. The van der Waals surface area contributed by atoms with Gasteiger partial charge in [-0.3, -0.25) is 0 Å². The molecule has 0 saturated carbocycles. The highest BCUT2D eigenvalue weighted by molar-refractivity contribution is 4.83. The van der Waals surface area contributed by atoms with Gasteiger partial charge in [-0.05, 0) is 0 Å². The molecule has 0 aromatic carbocycles. The number of aliphatic hydroxyl groups excluding tert-OH is 3. The highest BCUT2D eigenvalue weighted by Gasteiger charge is 2.12. The van der Waals surface area contributed by atoms with Crippen LogP contribution in [0.25, 0.3) is 0 Å². The van der Waals surface area contributed by atoms with E-state index in [1.807, 2.05) is 0 Å². The molecule has 3 heteroatoms. The summed E-state index contributed by atoms with van der Waals surface area (Å²) in [6.07, 6.45) is 0.536. The molecule has 0 heterocycles. The van der Waals surface area contributed by atoms with E-state index < -0.39 is 12.0 Å². The molecular weight excluding hydrogens is 120 g/mol. The molecule has 0 amide bonds. The van der Waals surface area contributed by atoms with E-state index in [2.05, 4.69) is 6.58 Å². The summed E-state index contributed by atoms with van der Waals surface area (Å²) in [6, 6.07) is 0. The van der Waals surface area contributed by atoms with Crippen LogP contribution < -0.4 is 0 Å². The van der Waals surface area contributed by atoms with Gasteiger partial charge >= 0.3 is 0 Å². The van der Waals surface area contributed by atoms with E-state index in [0.717, 1.165) is 0 Å². The fourth-order valence-electron chi connectivity index (χ4n) is 0.489. The summed E-state index contributed by atoms with van der Waals surface area (Å²) in [5.74, 6) is -0.407. The third kappa shape index (κ3) is 2.60. The van der Waals surface area contributed by atoms with E-state index in [-0.39, 0.29) is 13.2 Å². The molecule has 0 spiro atoms. The molecule has 2 atom stereocenters. The highest BCUT2D eigenvalue weighted by Crippen LogP contribution is 2.02. The van der Waals surface area contributed by atoms with Gasteiger partial charge in [0.1, 0.15) is 0 Å². The summed E-state index contributed by atoms with van der Waals surface area (Å²) in [4.78, 5) is 0. The number of hydrogen-bond donors (Lipinski definition) is 3. The average Bonchev–Trinajstić information content (AvgIpc) is 1.90. The zero-order valence-corrected chi connectivity index (χ0v) is 5.20. The van der Waals surface area contributed by atoms with Crippen LogP contribution >= 0.6 is 0 Å². The van der Waals surface area contributed by atoms with Crippen molar-refractivity contribution in [2.45, 2.75) is 6.10 Å². The lowest BCUT2D eigenvalue weighted by molar-refractivity contribution is 0.0414. The Hall–Kier alpha value is -0.380. The van der Waals surface area contributed by atoms with Crippen LogP contribution in [0.1, 0.15) is 0 Å². The van der Waals surface area contributed by atoms with Gasteiger partial charge in [0, 0.05) is 5.92 Å². The van der Waals surface area contributed by atoms with Crippen LogP contribution in [-0.4, -0.2) is 34.6 Å². The molecule has 0 aliphatic carbocycles. The second-order valence-electron chi connectivity index (χ2n) is 1.83. The molecule has 0 aromatic heterocycles. The molecule has 3 nitrogen and oxygen atoms in total. The Kier molecular flexibility index (Phi) is 4.30. The van der Waals surface area contributed by atoms with Crippen molar-refractivity contribution < 1.29 is 15.3 Å². The van der Waals surface area contributed by atoms with Crippen molar-refractivity contribution in [3.8, 4) is 0 Å². The minimum atomic E-state index is -0.882. The summed E-state index contributed by atoms with van der Waals surface area (Å²) in [5, 5.41) is 25.7. The van der Waals surface area contributed by atoms with Crippen molar-refractivity contribution in [1.82, 2.24) is 0 Å². The number of rotatable bonds is 4. The van der Waals surface area contributed by atoms with Crippen molar-refractivity contribution in [1.29, 1.82) is 0 Å². The van der Waals surface area contributed by atoms with Gasteiger partial charge in [-0.25, -0.2) is 0 Å². The molecule has 0 rings (SSSR count). The maximum absolute atomic E-state index is 8.84. The Morgan fingerprint density at radius 3 is 2.00 bits per heavy atom. The zero-order valence-electron chi connectivity index (χ0n) is 5.20. The maximum atomic E-state index is 8.84. The lowest BCUT2D eigenvalue weighted by Crippen LogP contribution is -2.25. The number of hydrogen-bond acceptors (Lipinski definition) is 3. The largest absolute Gasteiger partial charge is 0.396 e. The second-order valence-corrected chi connectivity index (χ2v) is 1.83. The smallest absolute Gasteiger partial charge is 0.0855 e. The first-order chi connectivity index (χ1) is 4.26. The van der Waals surface area contributed by atoms with Crippen molar-refractivity contribution >= 4 is 0 Å². The van der Waals surface area contributed by atoms with Gasteiger partial charge in [-0.1, -0.05) is 6.08 Å². The SMILES string of the molecule is C=CC(CO)C(O)CO. The third-order valence-corrected chi connectivity index (χ3v) is 1.19. The summed E-state index contributed by atoms with van der Waals surface area (Å²) in [7, 11) is 0. The van der Waals surface area contributed by atoms with Crippen LogP contribution in [0.15, 0.2) is 12.7 Å². The molecule has 2 unspecified atom stereocenters. The van der Waals surface area contributed by atoms with Gasteiger partial charge in [-0.15, -0.1) is 6.58 Å². The van der Waals surface area contributed by atoms with Gasteiger partial charge in [0.15, 0.2) is 0 Å². The van der Waals surface area contributed by atoms with E-state index in [4.69, 9.17) is 15.3 Å². The predicted octanol–water partition coefficient (Wildman–Crippen LogP) is -0.866. The molecular formula is C6H12O3. The van der Waals surface area contributed by atoms with Crippen molar-refractivity contribution in [3.63, 3.8) is 0 Å². The fraction of sp³-hybridized carbons (Fsp3) is 0.667. The first-order valence-electron chi connectivity index (χ1n) is 2.78. The lowest BCUT2D eigenvalue weighted by atomic mass is 10.1. The molecule has 0 aromatic rings. The molecule has 0 aliphatic heterocycles. The van der Waals surface area contributed by atoms with Crippen LogP contribution in [0.2, 0.25) is 0 Å². The molecule has 0 fully saturated rings. The van der Waals surface area contributed by atoms with Crippen LogP contribution in [0.5, 0.6) is 0 Å². The van der Waals surface area contributed by atoms with E-state index in [1.165, 1.54) is 6.08 Å². The lowest BCUT2D eigenvalue weighted by Gasteiger charge is -2.13. The Labute approximate surface area is 54.3 Å². The number of aliphatic hydroxyl groups is 3. The quantitative estimate of drug-likeness (QED) is 0.436. The standard InChI is InChI=1S/C6H12O3/c1-2-5(3-7)6(9)4-8/h2,5-9H,1,3-4H2. The van der Waals surface area contributed by atoms with E-state index in [0.29, 0.717) is 0 Å². The topological polar surface area (TPSA) is 60.7 Å². The van der Waals surface area contributed by atoms with Crippen molar-refractivity contribution in [2.75, 3.05) is 13.2 Å². The maximum Gasteiger partial charge on any atom is 0.0855 e. The predicted molar refractivity (Wildman–Crippen MR) is 33.9 cm³/mol. The third-order valence-electron chi connectivity index (χ3n) is 1.19. The van der Waals surface area contributed by atoms with E-state index in [1.54, 1.807) is 0 Å². The average molecular weight is 132 g/mol. The first-order valence-corrected chi connectivity index (χ1v) is 2.78. The molecule has 9 heavy (non-hydrogen) atoms. The normalized spacial score (nSPS) is 16.8. The van der Waals surface area contributed by atoms with Crippen molar-refractivity contribution in [2.24, 2.45) is 5.92 Å². The highest BCUT2D eigenvalue weighted by atomic mass is 16.3. The van der Waals surface area contributed by atoms with Gasteiger partial charge in [0.25, 0.3) is 0 Å². The summed E-state index contributed by atoms with van der Waals surface area (Å²) < 4.78 is 0. The molecule has 3 N–H and O–H groups in total. The van der Waals surface area contributed by atoms with Gasteiger partial charge in [0.2, 0.25) is 0 Å². The Bertz CT molecular complexity index is 82.4. The fourth-order valence-corrected chi connectivity index (χ4v) is 0.489. The van der Waals surface area contributed by atoms with Crippen LogP contribution in [0, 0.1) is 5.92 Å². The Morgan fingerprint density at radius 2 is 1.89 bits per heavy atom. The van der Waals surface area contributed by atoms with Gasteiger partial charge in [-0.2, -0.15) is 0 Å². The van der Waals surface area contributed by atoms with Gasteiger partial charge < -0.3 is 15.3 Å². The second kappa shape index (κ2) is 4.49. The van der Waals surface area contributed by atoms with Crippen LogP contribution in [0.3, 0.4) is 0 Å². The monoisotopic (exact) mass is 132 g/mol. The minimum absolute atomic E-state index is 0.175. The van der Waals surface area contributed by atoms with Gasteiger partial charge in [0.05, 0.1) is 19.3 Å². The molecule has 54 valence electrons. The Morgan fingerprint density at radius 1 is 1.33 bits per heavy atom. The molecule has 0 bridgehead atoms. The zero-order chi connectivity index (χ0) is 7.28. The van der Waals surface area contributed by atoms with E-state index >= 15 is 0 Å². The van der Waals surface area contributed by atoms with E-state index in [9.17, 15) is 0 Å². The summed E-state index contributed by atoms with van der Waals surface area (Å²) >= 11 is 0. The van der Waals surface area contributed by atoms with Crippen LogP contribution in [-0.2, 0) is 0 Å². The Balaban J connectivity index is 3.63. The molecule has 0 saturated heterocycles.